The van der Waals surface area contributed by atoms with E-state index in [9.17, 15) is 10.4 Å². The fraction of sp³-hybridized carbons (Fsp3) is 0.286. The molecule has 178 valence electrons. The first kappa shape index (κ1) is 24.6. The highest BCUT2D eigenvalue weighted by Crippen LogP contribution is 2.35. The van der Waals surface area contributed by atoms with Gasteiger partial charge in [0, 0.05) is 31.2 Å². The Morgan fingerprint density at radius 1 is 1.03 bits per heavy atom. The van der Waals surface area contributed by atoms with E-state index in [1.54, 1.807) is 13.0 Å². The van der Waals surface area contributed by atoms with Crippen molar-refractivity contribution in [1.29, 1.82) is 10.5 Å². The van der Waals surface area contributed by atoms with Crippen LogP contribution in [0.5, 0.6) is 5.75 Å². The van der Waals surface area contributed by atoms with E-state index in [0.29, 0.717) is 21.9 Å². The number of piperazine rings is 1. The fourth-order valence-electron chi connectivity index (χ4n) is 4.35. The molecular formula is C28H27ClN4O2. The van der Waals surface area contributed by atoms with E-state index in [2.05, 4.69) is 21.9 Å². The Balaban J connectivity index is 1.60. The quantitative estimate of drug-likeness (QED) is 0.511. The second-order valence-electron chi connectivity index (χ2n) is 8.76. The predicted octanol–water partition coefficient (Wildman–Crippen LogP) is 4.91. The van der Waals surface area contributed by atoms with Gasteiger partial charge in [0.2, 0.25) is 0 Å². The first-order valence-electron chi connectivity index (χ1n) is 11.6. The molecular weight excluding hydrogens is 460 g/mol. The maximum absolute atomic E-state index is 9.90. The molecule has 1 fully saturated rings. The van der Waals surface area contributed by atoms with Gasteiger partial charge in [0.05, 0.1) is 35.0 Å². The summed E-state index contributed by atoms with van der Waals surface area (Å²) in [7, 11) is 0. The Morgan fingerprint density at radius 2 is 1.77 bits per heavy atom. The maximum atomic E-state index is 9.90. The molecule has 1 saturated heterocycles. The largest absolute Gasteiger partial charge is 0.491 e. The average Bonchev–Trinajstić information content (AvgIpc) is 2.88. The number of rotatable bonds is 7. The lowest BCUT2D eigenvalue weighted by Gasteiger charge is -2.43. The molecule has 0 spiro atoms. The minimum atomic E-state index is -0.585. The topological polar surface area (TPSA) is 83.5 Å². The number of halogens is 1. The van der Waals surface area contributed by atoms with E-state index >= 15 is 0 Å². The molecule has 7 heteroatoms. The fourth-order valence-corrected chi connectivity index (χ4v) is 4.47. The van der Waals surface area contributed by atoms with Crippen LogP contribution >= 0.6 is 11.6 Å². The minimum Gasteiger partial charge on any atom is -0.491 e. The molecule has 0 aliphatic carbocycles. The van der Waals surface area contributed by atoms with Gasteiger partial charge in [-0.3, -0.25) is 4.90 Å². The summed E-state index contributed by atoms with van der Waals surface area (Å²) < 4.78 is 5.61. The van der Waals surface area contributed by atoms with Gasteiger partial charge in [0.15, 0.2) is 0 Å². The van der Waals surface area contributed by atoms with Crippen LogP contribution in [-0.4, -0.2) is 42.4 Å². The van der Waals surface area contributed by atoms with E-state index in [-0.39, 0.29) is 12.6 Å². The zero-order chi connectivity index (χ0) is 24.8. The van der Waals surface area contributed by atoms with Crippen LogP contribution in [0.1, 0.15) is 35.2 Å². The zero-order valence-electron chi connectivity index (χ0n) is 19.6. The number of hydrogen-bond donors (Lipinski definition) is 1. The van der Waals surface area contributed by atoms with Crippen molar-refractivity contribution in [3.05, 3.63) is 94.0 Å². The Labute approximate surface area is 211 Å². The summed E-state index contributed by atoms with van der Waals surface area (Å²) in [4.78, 5) is 4.67. The van der Waals surface area contributed by atoms with Gasteiger partial charge < -0.3 is 14.7 Å². The van der Waals surface area contributed by atoms with Crippen molar-refractivity contribution in [3.63, 3.8) is 0 Å². The Kier molecular flexibility index (Phi) is 7.90. The number of anilines is 1. The number of hydrogen-bond acceptors (Lipinski definition) is 6. The smallest absolute Gasteiger partial charge is 0.120 e. The summed E-state index contributed by atoms with van der Waals surface area (Å²) in [6.45, 7) is 4.95. The normalized spacial score (nSPS) is 16.8. The molecule has 0 bridgehead atoms. The molecule has 3 aromatic rings. The third-order valence-corrected chi connectivity index (χ3v) is 6.35. The van der Waals surface area contributed by atoms with Crippen LogP contribution in [0.3, 0.4) is 0 Å². The third-order valence-electron chi connectivity index (χ3n) is 6.10. The summed E-state index contributed by atoms with van der Waals surface area (Å²) in [5.41, 5.74) is 4.33. The van der Waals surface area contributed by atoms with Crippen molar-refractivity contribution < 1.29 is 9.84 Å². The van der Waals surface area contributed by atoms with Gasteiger partial charge in [-0.2, -0.15) is 10.5 Å². The second kappa shape index (κ2) is 11.3. The molecule has 0 aromatic heterocycles. The molecule has 1 aliphatic heterocycles. The SMILES string of the molecule is C[C@H](O)COc1ccc(N2CCN(Cc3ccc(C#N)cc3)C[C@H]2c2ccc(Cl)cc2)c(C#N)c1. The molecule has 0 radical (unpaired) electrons. The van der Waals surface area contributed by atoms with Gasteiger partial charge >= 0.3 is 0 Å². The van der Waals surface area contributed by atoms with Crippen LogP contribution in [0, 0.1) is 22.7 Å². The number of ether oxygens (including phenoxy) is 1. The lowest BCUT2D eigenvalue weighted by atomic mass is 9.99. The number of aliphatic hydroxyl groups excluding tert-OH is 1. The molecule has 6 nitrogen and oxygen atoms in total. The average molecular weight is 487 g/mol. The summed E-state index contributed by atoms with van der Waals surface area (Å²) in [6.07, 6.45) is -0.585. The number of nitriles is 2. The van der Waals surface area contributed by atoms with E-state index < -0.39 is 6.10 Å². The van der Waals surface area contributed by atoms with Crippen molar-refractivity contribution in [2.45, 2.75) is 25.6 Å². The third kappa shape index (κ3) is 6.12. The van der Waals surface area contributed by atoms with E-state index in [4.69, 9.17) is 21.6 Å². The van der Waals surface area contributed by atoms with Gasteiger partial charge in [-0.05, 0) is 60.5 Å². The molecule has 3 aromatic carbocycles. The molecule has 35 heavy (non-hydrogen) atoms. The van der Waals surface area contributed by atoms with E-state index in [1.807, 2.05) is 60.7 Å². The molecule has 0 unspecified atom stereocenters. The summed E-state index contributed by atoms with van der Waals surface area (Å²) in [5.74, 6) is 0.564. The van der Waals surface area contributed by atoms with Crippen LogP contribution in [0.4, 0.5) is 5.69 Å². The predicted molar refractivity (Wildman–Crippen MR) is 136 cm³/mol. The number of aliphatic hydroxyl groups is 1. The molecule has 1 N–H and O–H groups in total. The number of nitrogens with zero attached hydrogens (tertiary/aromatic N) is 4. The van der Waals surface area contributed by atoms with Crippen molar-refractivity contribution >= 4 is 17.3 Å². The highest BCUT2D eigenvalue weighted by Gasteiger charge is 2.30. The zero-order valence-corrected chi connectivity index (χ0v) is 20.3. The van der Waals surface area contributed by atoms with Crippen molar-refractivity contribution in [1.82, 2.24) is 4.90 Å². The van der Waals surface area contributed by atoms with Gasteiger partial charge in [-0.15, -0.1) is 0 Å². The van der Waals surface area contributed by atoms with Crippen LogP contribution in [0.2, 0.25) is 5.02 Å². The van der Waals surface area contributed by atoms with Crippen LogP contribution in [0.25, 0.3) is 0 Å². The highest BCUT2D eigenvalue weighted by atomic mass is 35.5. The number of benzene rings is 3. The van der Waals surface area contributed by atoms with Crippen LogP contribution in [-0.2, 0) is 6.54 Å². The Hall–Kier alpha value is -3.55. The Morgan fingerprint density at radius 3 is 2.43 bits per heavy atom. The van der Waals surface area contributed by atoms with E-state index in [1.165, 1.54) is 0 Å². The molecule has 4 rings (SSSR count). The Bertz CT molecular complexity index is 1230. The summed E-state index contributed by atoms with van der Waals surface area (Å²) in [6, 6.07) is 25.6. The van der Waals surface area contributed by atoms with Crippen molar-refractivity contribution in [2.75, 3.05) is 31.1 Å². The lowest BCUT2D eigenvalue weighted by molar-refractivity contribution is 0.122. The lowest BCUT2D eigenvalue weighted by Crippen LogP contribution is -2.48. The molecule has 0 amide bonds. The minimum absolute atomic E-state index is 0.0238. The van der Waals surface area contributed by atoms with Gasteiger partial charge in [-0.1, -0.05) is 35.9 Å². The molecule has 2 atom stereocenters. The van der Waals surface area contributed by atoms with Gasteiger partial charge in [-0.25, -0.2) is 0 Å². The monoisotopic (exact) mass is 486 g/mol. The van der Waals surface area contributed by atoms with Crippen LogP contribution in [0.15, 0.2) is 66.7 Å². The highest BCUT2D eigenvalue weighted by molar-refractivity contribution is 6.30. The standard InChI is InChI=1S/C28H27ClN4O2/c1-20(34)19-35-26-10-11-27(24(14-26)16-31)33-13-12-32(17-22-4-2-21(15-30)3-5-22)18-28(33)23-6-8-25(29)9-7-23/h2-11,14,20,28,34H,12-13,17-19H2,1H3/t20-,28-/m0/s1. The first-order valence-corrected chi connectivity index (χ1v) is 11.9. The van der Waals surface area contributed by atoms with Gasteiger partial charge in [0.1, 0.15) is 18.4 Å². The molecule has 0 saturated carbocycles. The van der Waals surface area contributed by atoms with E-state index in [0.717, 1.165) is 43.0 Å². The van der Waals surface area contributed by atoms with Crippen molar-refractivity contribution in [3.8, 4) is 17.9 Å². The maximum Gasteiger partial charge on any atom is 0.120 e. The summed E-state index contributed by atoms with van der Waals surface area (Å²) >= 11 is 6.16. The molecule has 1 heterocycles. The second-order valence-corrected chi connectivity index (χ2v) is 9.19. The molecule has 1 aliphatic rings. The van der Waals surface area contributed by atoms with Crippen LogP contribution < -0.4 is 9.64 Å². The van der Waals surface area contributed by atoms with Gasteiger partial charge in [0.25, 0.3) is 0 Å². The first-order chi connectivity index (χ1) is 17.0. The van der Waals surface area contributed by atoms with Crippen molar-refractivity contribution in [2.24, 2.45) is 0 Å². The summed E-state index contributed by atoms with van der Waals surface area (Å²) in [5, 5.41) is 29.2.